The van der Waals surface area contributed by atoms with E-state index in [4.69, 9.17) is 15.2 Å². The molecular formula is C24H22BrN3O3. The van der Waals surface area contributed by atoms with Crippen LogP contribution in [-0.2, 0) is 4.79 Å². The lowest BCUT2D eigenvalue weighted by molar-refractivity contribution is -0.119. The lowest BCUT2D eigenvalue weighted by atomic mass is 10.0. The lowest BCUT2D eigenvalue weighted by Gasteiger charge is -2.13. The number of benzene rings is 3. The van der Waals surface area contributed by atoms with Gasteiger partial charge in [0.2, 0.25) is 0 Å². The predicted octanol–water partition coefficient (Wildman–Crippen LogP) is 4.58. The molecule has 0 aliphatic rings. The molecule has 3 aromatic rings. The molecule has 0 aliphatic carbocycles. The van der Waals surface area contributed by atoms with Gasteiger partial charge in [-0.05, 0) is 40.5 Å². The van der Waals surface area contributed by atoms with Gasteiger partial charge in [0.25, 0.3) is 5.91 Å². The summed E-state index contributed by atoms with van der Waals surface area (Å²) in [6.07, 6.45) is 1.64. The number of ether oxygens (including phenoxy) is 2. The summed E-state index contributed by atoms with van der Waals surface area (Å²) in [5.41, 5.74) is 8.64. The van der Waals surface area contributed by atoms with Gasteiger partial charge in [0, 0.05) is 11.1 Å². The molecule has 158 valence electrons. The standard InChI is InChI=1S/C24H22BrN3O3/c1-2-30-21-14-17(13-20(25)24(21)31-16-22(26)29)15-27-28-23(18-9-5-3-6-10-18)19-11-7-4-8-12-19/h3-15H,2,16H2,1H3,(H2,26,29)/b27-15-. The third-order valence-electron chi connectivity index (χ3n) is 4.15. The molecule has 0 heterocycles. The van der Waals surface area contributed by atoms with Crippen LogP contribution in [0.15, 0.2) is 87.5 Å². The number of rotatable bonds is 9. The van der Waals surface area contributed by atoms with Gasteiger partial charge in [-0.2, -0.15) is 5.10 Å². The molecule has 0 spiro atoms. The Morgan fingerprint density at radius 1 is 1.00 bits per heavy atom. The number of hydrogen-bond donors (Lipinski definition) is 1. The molecule has 0 aromatic heterocycles. The van der Waals surface area contributed by atoms with Crippen molar-refractivity contribution in [2.24, 2.45) is 15.9 Å². The van der Waals surface area contributed by atoms with Gasteiger partial charge in [0.05, 0.1) is 17.3 Å². The van der Waals surface area contributed by atoms with Crippen LogP contribution < -0.4 is 15.2 Å². The van der Waals surface area contributed by atoms with E-state index in [0.29, 0.717) is 22.6 Å². The first-order valence-corrected chi connectivity index (χ1v) is 10.5. The van der Waals surface area contributed by atoms with Crippen LogP contribution in [0.25, 0.3) is 0 Å². The average Bonchev–Trinajstić information content (AvgIpc) is 2.77. The number of carbonyl (C=O) groups is 1. The third-order valence-corrected chi connectivity index (χ3v) is 4.74. The van der Waals surface area contributed by atoms with Crippen LogP contribution in [0, 0.1) is 0 Å². The Morgan fingerprint density at radius 2 is 1.61 bits per heavy atom. The zero-order valence-corrected chi connectivity index (χ0v) is 18.6. The van der Waals surface area contributed by atoms with E-state index in [-0.39, 0.29) is 6.61 Å². The second kappa shape index (κ2) is 11.1. The minimum Gasteiger partial charge on any atom is -0.490 e. The van der Waals surface area contributed by atoms with Crippen molar-refractivity contribution in [1.29, 1.82) is 0 Å². The molecule has 2 N–H and O–H groups in total. The van der Waals surface area contributed by atoms with E-state index < -0.39 is 5.91 Å². The summed E-state index contributed by atoms with van der Waals surface area (Å²) in [6.45, 7) is 2.06. The summed E-state index contributed by atoms with van der Waals surface area (Å²) < 4.78 is 11.8. The number of halogens is 1. The van der Waals surface area contributed by atoms with E-state index >= 15 is 0 Å². The van der Waals surface area contributed by atoms with Crippen molar-refractivity contribution in [3.63, 3.8) is 0 Å². The van der Waals surface area contributed by atoms with Crippen molar-refractivity contribution in [3.8, 4) is 11.5 Å². The Labute approximate surface area is 189 Å². The normalized spacial score (nSPS) is 10.6. The number of amides is 1. The first-order valence-electron chi connectivity index (χ1n) is 9.67. The predicted molar refractivity (Wildman–Crippen MR) is 126 cm³/mol. The summed E-state index contributed by atoms with van der Waals surface area (Å²) in [5.74, 6) is 0.328. The molecule has 3 aromatic carbocycles. The van der Waals surface area contributed by atoms with E-state index in [2.05, 4.69) is 26.1 Å². The van der Waals surface area contributed by atoms with Crippen molar-refractivity contribution >= 4 is 33.8 Å². The highest BCUT2D eigenvalue weighted by Crippen LogP contribution is 2.36. The van der Waals surface area contributed by atoms with Crippen LogP contribution in [0.1, 0.15) is 23.6 Å². The zero-order chi connectivity index (χ0) is 22.1. The van der Waals surface area contributed by atoms with Gasteiger partial charge < -0.3 is 15.2 Å². The van der Waals surface area contributed by atoms with Crippen LogP contribution in [-0.4, -0.2) is 31.0 Å². The van der Waals surface area contributed by atoms with Crippen molar-refractivity contribution in [2.45, 2.75) is 6.92 Å². The van der Waals surface area contributed by atoms with Crippen LogP contribution in [0.5, 0.6) is 11.5 Å². The molecule has 0 unspecified atom stereocenters. The van der Waals surface area contributed by atoms with Crippen LogP contribution >= 0.6 is 15.9 Å². The van der Waals surface area contributed by atoms with E-state index in [9.17, 15) is 4.79 Å². The fraction of sp³-hybridized carbons (Fsp3) is 0.125. The summed E-state index contributed by atoms with van der Waals surface area (Å²) >= 11 is 3.46. The minimum absolute atomic E-state index is 0.242. The topological polar surface area (TPSA) is 86.3 Å². The molecule has 0 saturated carbocycles. The molecular weight excluding hydrogens is 458 g/mol. The minimum atomic E-state index is -0.566. The molecule has 0 bridgehead atoms. The Morgan fingerprint density at radius 3 is 2.16 bits per heavy atom. The van der Waals surface area contributed by atoms with Crippen molar-refractivity contribution < 1.29 is 14.3 Å². The second-order valence-corrected chi connectivity index (χ2v) is 7.30. The summed E-state index contributed by atoms with van der Waals surface area (Å²) in [5, 5.41) is 8.80. The molecule has 0 radical (unpaired) electrons. The molecule has 1 amide bonds. The summed E-state index contributed by atoms with van der Waals surface area (Å²) in [4.78, 5) is 11.1. The largest absolute Gasteiger partial charge is 0.490 e. The third kappa shape index (κ3) is 6.26. The maximum Gasteiger partial charge on any atom is 0.255 e. The Balaban J connectivity index is 1.93. The first kappa shape index (κ1) is 22.2. The van der Waals surface area contributed by atoms with E-state index in [1.807, 2.05) is 73.7 Å². The summed E-state index contributed by atoms with van der Waals surface area (Å²) in [6, 6.07) is 23.4. The van der Waals surface area contributed by atoms with Crippen LogP contribution in [0.3, 0.4) is 0 Å². The van der Waals surface area contributed by atoms with Gasteiger partial charge in [-0.15, -0.1) is 5.10 Å². The average molecular weight is 480 g/mol. The molecule has 3 rings (SSSR count). The number of nitrogens with zero attached hydrogens (tertiary/aromatic N) is 2. The van der Waals surface area contributed by atoms with Crippen molar-refractivity contribution in [1.82, 2.24) is 0 Å². The van der Waals surface area contributed by atoms with Gasteiger partial charge in [0.15, 0.2) is 18.1 Å². The maximum absolute atomic E-state index is 11.1. The molecule has 6 nitrogen and oxygen atoms in total. The Hall–Kier alpha value is -3.45. The van der Waals surface area contributed by atoms with E-state index in [1.165, 1.54) is 0 Å². The second-order valence-electron chi connectivity index (χ2n) is 6.44. The summed E-state index contributed by atoms with van der Waals surface area (Å²) in [7, 11) is 0. The highest BCUT2D eigenvalue weighted by molar-refractivity contribution is 9.10. The fourth-order valence-electron chi connectivity index (χ4n) is 2.84. The zero-order valence-electron chi connectivity index (χ0n) is 17.0. The van der Waals surface area contributed by atoms with Gasteiger partial charge in [-0.3, -0.25) is 4.79 Å². The maximum atomic E-state index is 11.1. The Kier molecular flexibility index (Phi) is 7.95. The monoisotopic (exact) mass is 479 g/mol. The SMILES string of the molecule is CCOc1cc(/C=N\N=C(c2ccccc2)c2ccccc2)cc(Br)c1OCC(N)=O. The number of primary amides is 1. The van der Waals surface area contributed by atoms with Gasteiger partial charge >= 0.3 is 0 Å². The fourth-order valence-corrected chi connectivity index (χ4v) is 3.41. The van der Waals surface area contributed by atoms with Gasteiger partial charge in [-0.25, -0.2) is 0 Å². The lowest BCUT2D eigenvalue weighted by Crippen LogP contribution is -2.20. The van der Waals surface area contributed by atoms with Crippen LogP contribution in [0.4, 0.5) is 0 Å². The highest BCUT2D eigenvalue weighted by atomic mass is 79.9. The van der Waals surface area contributed by atoms with Crippen LogP contribution in [0.2, 0.25) is 0 Å². The molecule has 31 heavy (non-hydrogen) atoms. The van der Waals surface area contributed by atoms with E-state index in [0.717, 1.165) is 22.4 Å². The molecule has 0 atom stereocenters. The first-order chi connectivity index (χ1) is 15.1. The van der Waals surface area contributed by atoms with E-state index in [1.54, 1.807) is 12.3 Å². The van der Waals surface area contributed by atoms with Crippen molar-refractivity contribution in [2.75, 3.05) is 13.2 Å². The number of nitrogens with two attached hydrogens (primary N) is 1. The molecule has 7 heteroatoms. The number of carbonyl (C=O) groups excluding carboxylic acids is 1. The highest BCUT2D eigenvalue weighted by Gasteiger charge is 2.13. The number of hydrogen-bond acceptors (Lipinski definition) is 5. The molecule has 0 aliphatic heterocycles. The quantitative estimate of drug-likeness (QED) is 0.359. The van der Waals surface area contributed by atoms with Gasteiger partial charge in [0.1, 0.15) is 5.71 Å². The van der Waals surface area contributed by atoms with Crippen molar-refractivity contribution in [3.05, 3.63) is 94.0 Å². The molecule has 0 saturated heterocycles. The van der Waals surface area contributed by atoms with Gasteiger partial charge in [-0.1, -0.05) is 60.7 Å². The molecule has 0 fully saturated rings. The Bertz CT molecular complexity index is 1040. The smallest absolute Gasteiger partial charge is 0.255 e.